The maximum atomic E-state index is 13.3. The van der Waals surface area contributed by atoms with Gasteiger partial charge in [0.05, 0.1) is 11.2 Å². The van der Waals surface area contributed by atoms with E-state index in [9.17, 15) is 9.18 Å². The molecule has 72 valence electrons. The average Bonchev–Trinajstić information content (AvgIpc) is 2.63. The Morgan fingerprint density at radius 2 is 2.14 bits per heavy atom. The van der Waals surface area contributed by atoms with Crippen molar-refractivity contribution in [2.75, 3.05) is 0 Å². The summed E-state index contributed by atoms with van der Waals surface area (Å²) in [5.74, 6) is -0.296. The highest BCUT2D eigenvalue weighted by Gasteiger charge is 2.07. The van der Waals surface area contributed by atoms with Crippen molar-refractivity contribution in [2.24, 2.45) is 0 Å². The molecule has 0 saturated carbocycles. The van der Waals surface area contributed by atoms with E-state index in [1.165, 1.54) is 12.1 Å². The maximum absolute atomic E-state index is 13.3. The summed E-state index contributed by atoms with van der Waals surface area (Å²) in [6, 6.07) is 6.35. The highest BCUT2D eigenvalue weighted by atomic mass is 19.1. The number of nitrogens with zero attached hydrogens (tertiary/aromatic N) is 1. The van der Waals surface area contributed by atoms with Crippen LogP contribution in [0.2, 0.25) is 0 Å². The van der Waals surface area contributed by atoms with E-state index in [0.29, 0.717) is 11.2 Å². The highest BCUT2D eigenvalue weighted by Crippen LogP contribution is 2.16. The van der Waals surface area contributed by atoms with Gasteiger partial charge in [0, 0.05) is 5.69 Å². The highest BCUT2D eigenvalue weighted by molar-refractivity contribution is 5.75. The summed E-state index contributed by atoms with van der Waals surface area (Å²) >= 11 is 0. The molecule has 0 aliphatic heterocycles. The lowest BCUT2D eigenvalue weighted by molar-refractivity contribution is 0.111. The van der Waals surface area contributed by atoms with E-state index in [1.807, 2.05) is 13.0 Å². The number of aryl methyl sites for hydroxylation is 1. The third-order valence-corrected chi connectivity index (χ3v) is 2.35. The van der Waals surface area contributed by atoms with Gasteiger partial charge < -0.3 is 4.40 Å². The quantitative estimate of drug-likeness (QED) is 0.668. The van der Waals surface area contributed by atoms with Gasteiger partial charge in [-0.2, -0.15) is 0 Å². The Bertz CT molecular complexity index is 487. The number of hydrogen-bond acceptors (Lipinski definition) is 1. The van der Waals surface area contributed by atoms with Crippen LogP contribution >= 0.6 is 0 Å². The molecule has 0 atom stereocenters. The molecule has 14 heavy (non-hydrogen) atoms. The number of hydrogen-bond donors (Lipinski definition) is 0. The molecule has 2 aromatic heterocycles. The summed E-state index contributed by atoms with van der Waals surface area (Å²) in [6.07, 6.45) is 1.52. The van der Waals surface area contributed by atoms with E-state index >= 15 is 0 Å². The van der Waals surface area contributed by atoms with Gasteiger partial charge in [-0.15, -0.1) is 0 Å². The Morgan fingerprint density at radius 3 is 2.79 bits per heavy atom. The van der Waals surface area contributed by atoms with Gasteiger partial charge in [-0.25, -0.2) is 4.39 Å². The fraction of sp³-hybridized carbons (Fsp3) is 0.182. The van der Waals surface area contributed by atoms with E-state index in [0.717, 1.165) is 18.4 Å². The predicted octanol–water partition coefficient (Wildman–Crippen LogP) is 2.45. The van der Waals surface area contributed by atoms with Crippen molar-refractivity contribution < 1.29 is 9.18 Å². The molecule has 2 rings (SSSR count). The summed E-state index contributed by atoms with van der Waals surface area (Å²) in [5.41, 5.74) is 1.90. The SMILES string of the molecule is CCc1ccc2c(F)ccc(C=O)n12. The second-order valence-corrected chi connectivity index (χ2v) is 3.12. The lowest BCUT2D eigenvalue weighted by atomic mass is 10.3. The second-order valence-electron chi connectivity index (χ2n) is 3.12. The molecule has 3 heteroatoms. The van der Waals surface area contributed by atoms with Crippen molar-refractivity contribution in [2.45, 2.75) is 13.3 Å². The lowest BCUT2D eigenvalue weighted by Crippen LogP contribution is -2.00. The van der Waals surface area contributed by atoms with Crippen molar-refractivity contribution in [3.63, 3.8) is 0 Å². The van der Waals surface area contributed by atoms with Crippen LogP contribution in [0.4, 0.5) is 4.39 Å². The van der Waals surface area contributed by atoms with Gasteiger partial charge in [-0.3, -0.25) is 4.79 Å². The summed E-state index contributed by atoms with van der Waals surface area (Å²) in [6.45, 7) is 1.97. The Kier molecular flexibility index (Phi) is 2.08. The summed E-state index contributed by atoms with van der Waals surface area (Å²) < 4.78 is 15.0. The van der Waals surface area contributed by atoms with Gasteiger partial charge in [0.1, 0.15) is 5.82 Å². The number of aromatic nitrogens is 1. The Labute approximate surface area is 81.0 Å². The first-order valence-electron chi connectivity index (χ1n) is 4.52. The maximum Gasteiger partial charge on any atom is 0.166 e. The van der Waals surface area contributed by atoms with Crippen LogP contribution in [-0.2, 0) is 6.42 Å². The van der Waals surface area contributed by atoms with Crippen LogP contribution in [0.25, 0.3) is 5.52 Å². The standard InChI is InChI=1S/C11H10FNO/c1-2-8-4-6-11-10(12)5-3-9(7-14)13(8)11/h3-7H,2H2,1H3. The minimum absolute atomic E-state index is 0.296. The van der Waals surface area contributed by atoms with Gasteiger partial charge in [0.25, 0.3) is 0 Å². The van der Waals surface area contributed by atoms with E-state index in [2.05, 4.69) is 0 Å². The summed E-state index contributed by atoms with van der Waals surface area (Å²) in [7, 11) is 0. The summed E-state index contributed by atoms with van der Waals surface area (Å²) in [4.78, 5) is 10.8. The zero-order chi connectivity index (χ0) is 10.1. The van der Waals surface area contributed by atoms with Gasteiger partial charge in [0.2, 0.25) is 0 Å². The minimum Gasteiger partial charge on any atom is -0.308 e. The molecule has 0 aromatic carbocycles. The van der Waals surface area contributed by atoms with Crippen LogP contribution in [0.5, 0.6) is 0 Å². The number of carbonyl (C=O) groups is 1. The first-order valence-corrected chi connectivity index (χ1v) is 4.52. The van der Waals surface area contributed by atoms with Gasteiger partial charge in [-0.1, -0.05) is 6.92 Å². The fourth-order valence-electron chi connectivity index (χ4n) is 1.66. The molecule has 0 fully saturated rings. The molecular formula is C11H10FNO. The van der Waals surface area contributed by atoms with Crippen LogP contribution in [0.1, 0.15) is 23.1 Å². The first-order chi connectivity index (χ1) is 6.77. The molecule has 2 heterocycles. The number of rotatable bonds is 2. The molecule has 2 aromatic rings. The van der Waals surface area contributed by atoms with Crippen LogP contribution in [-0.4, -0.2) is 10.7 Å². The molecule has 0 bridgehead atoms. The van der Waals surface area contributed by atoms with E-state index in [4.69, 9.17) is 0 Å². The van der Waals surface area contributed by atoms with Crippen molar-refractivity contribution in [1.29, 1.82) is 0 Å². The summed E-state index contributed by atoms with van der Waals surface area (Å²) in [5, 5.41) is 0. The zero-order valence-electron chi connectivity index (χ0n) is 7.83. The predicted molar refractivity (Wildman–Crippen MR) is 52.1 cm³/mol. The Morgan fingerprint density at radius 1 is 1.36 bits per heavy atom. The van der Waals surface area contributed by atoms with E-state index < -0.39 is 0 Å². The van der Waals surface area contributed by atoms with Crippen LogP contribution < -0.4 is 0 Å². The molecule has 0 amide bonds. The van der Waals surface area contributed by atoms with Gasteiger partial charge >= 0.3 is 0 Å². The molecular weight excluding hydrogens is 181 g/mol. The second kappa shape index (κ2) is 3.25. The first kappa shape index (κ1) is 8.94. The molecule has 0 aliphatic carbocycles. The smallest absolute Gasteiger partial charge is 0.166 e. The normalized spacial score (nSPS) is 10.7. The fourth-order valence-corrected chi connectivity index (χ4v) is 1.66. The number of aldehydes is 1. The lowest BCUT2D eigenvalue weighted by Gasteiger charge is -2.04. The van der Waals surface area contributed by atoms with Crippen molar-refractivity contribution >= 4 is 11.8 Å². The number of pyridine rings is 1. The topological polar surface area (TPSA) is 21.5 Å². The number of halogens is 1. The molecule has 2 nitrogen and oxygen atoms in total. The monoisotopic (exact) mass is 191 g/mol. The van der Waals surface area contributed by atoms with Gasteiger partial charge in [-0.05, 0) is 30.7 Å². The third kappa shape index (κ3) is 1.13. The van der Waals surface area contributed by atoms with Crippen molar-refractivity contribution in [1.82, 2.24) is 4.40 Å². The molecule has 0 radical (unpaired) electrons. The van der Waals surface area contributed by atoms with Gasteiger partial charge in [0.15, 0.2) is 6.29 Å². The third-order valence-electron chi connectivity index (χ3n) is 2.35. The van der Waals surface area contributed by atoms with Crippen molar-refractivity contribution in [3.8, 4) is 0 Å². The Hall–Kier alpha value is -1.64. The van der Waals surface area contributed by atoms with E-state index in [-0.39, 0.29) is 5.82 Å². The van der Waals surface area contributed by atoms with E-state index in [1.54, 1.807) is 10.5 Å². The van der Waals surface area contributed by atoms with Crippen molar-refractivity contribution in [3.05, 3.63) is 41.5 Å². The van der Waals surface area contributed by atoms with Crippen LogP contribution in [0, 0.1) is 5.82 Å². The number of fused-ring (bicyclic) bond motifs is 1. The Balaban J connectivity index is 2.88. The molecule has 0 unspecified atom stereocenters. The molecule has 0 N–H and O–H groups in total. The minimum atomic E-state index is -0.296. The van der Waals surface area contributed by atoms with Crippen LogP contribution in [0.15, 0.2) is 24.3 Å². The molecule has 0 saturated heterocycles. The molecule has 0 aliphatic rings. The molecule has 0 spiro atoms. The number of carbonyl (C=O) groups excluding carboxylic acids is 1. The zero-order valence-corrected chi connectivity index (χ0v) is 7.83. The average molecular weight is 191 g/mol. The largest absolute Gasteiger partial charge is 0.308 e. The van der Waals surface area contributed by atoms with Crippen LogP contribution in [0.3, 0.4) is 0 Å².